The van der Waals surface area contributed by atoms with Crippen LogP contribution in [-0.2, 0) is 4.79 Å². The lowest BCUT2D eigenvalue weighted by Crippen LogP contribution is -2.20. The molecule has 0 aromatic heterocycles. The fraction of sp³-hybridized carbons (Fsp3) is 0.615. The Morgan fingerprint density at radius 1 is 1.07 bits per heavy atom. The molecule has 1 aliphatic rings. The van der Waals surface area contributed by atoms with E-state index in [4.69, 9.17) is 0 Å². The number of hydrogen-bond donors (Lipinski definition) is 0. The third-order valence-electron chi connectivity index (χ3n) is 3.06. The van der Waals surface area contributed by atoms with Crippen molar-refractivity contribution in [2.75, 3.05) is 0 Å². The number of ketones is 1. The zero-order valence-corrected chi connectivity index (χ0v) is 8.87. The number of allylic oxidation sites excluding steroid dienone is 2. The molecule has 2 unspecified atom stereocenters. The predicted molar refractivity (Wildman–Crippen MR) is 60.1 cm³/mol. The van der Waals surface area contributed by atoms with E-state index < -0.39 is 0 Å². The Morgan fingerprint density at radius 2 is 1.50 bits per heavy atom. The summed E-state index contributed by atoms with van der Waals surface area (Å²) in [6.07, 6.45) is 9.95. The SMILES string of the molecule is C=CCC1CCCCC(CC=C)C1=O. The third-order valence-corrected chi connectivity index (χ3v) is 3.06. The normalized spacial score (nSPS) is 28.1. The Balaban J connectivity index is 2.63. The number of rotatable bonds is 4. The molecule has 14 heavy (non-hydrogen) atoms. The van der Waals surface area contributed by atoms with Gasteiger partial charge in [-0.3, -0.25) is 4.79 Å². The fourth-order valence-electron chi connectivity index (χ4n) is 2.27. The summed E-state index contributed by atoms with van der Waals surface area (Å²) in [6, 6.07) is 0. The summed E-state index contributed by atoms with van der Waals surface area (Å²) >= 11 is 0. The largest absolute Gasteiger partial charge is 0.299 e. The smallest absolute Gasteiger partial charge is 0.139 e. The van der Waals surface area contributed by atoms with E-state index >= 15 is 0 Å². The monoisotopic (exact) mass is 192 g/mol. The molecule has 1 rings (SSSR count). The molecule has 1 nitrogen and oxygen atoms in total. The van der Waals surface area contributed by atoms with Gasteiger partial charge in [0.1, 0.15) is 5.78 Å². The summed E-state index contributed by atoms with van der Waals surface area (Å²) in [4.78, 5) is 12.0. The predicted octanol–water partition coefficient (Wildman–Crippen LogP) is 3.51. The van der Waals surface area contributed by atoms with E-state index in [1.165, 1.54) is 12.8 Å². The molecule has 1 fully saturated rings. The van der Waals surface area contributed by atoms with Crippen molar-refractivity contribution in [1.82, 2.24) is 0 Å². The van der Waals surface area contributed by atoms with Crippen LogP contribution >= 0.6 is 0 Å². The quantitative estimate of drug-likeness (QED) is 0.492. The minimum absolute atomic E-state index is 0.236. The lowest BCUT2D eigenvalue weighted by molar-refractivity contribution is -0.126. The van der Waals surface area contributed by atoms with Gasteiger partial charge in [0, 0.05) is 11.8 Å². The molecule has 0 aliphatic heterocycles. The van der Waals surface area contributed by atoms with Gasteiger partial charge in [0.05, 0.1) is 0 Å². The Bertz CT molecular complexity index is 195. The molecule has 0 spiro atoms. The minimum Gasteiger partial charge on any atom is -0.299 e. The molecule has 0 bridgehead atoms. The molecular weight excluding hydrogens is 172 g/mol. The van der Waals surface area contributed by atoms with Crippen molar-refractivity contribution in [3.05, 3.63) is 25.3 Å². The van der Waals surface area contributed by atoms with Crippen molar-refractivity contribution in [3.63, 3.8) is 0 Å². The highest BCUT2D eigenvalue weighted by Gasteiger charge is 2.27. The average Bonchev–Trinajstić information content (AvgIpc) is 2.34. The van der Waals surface area contributed by atoms with Crippen LogP contribution in [0.3, 0.4) is 0 Å². The Morgan fingerprint density at radius 3 is 1.86 bits per heavy atom. The molecule has 78 valence electrons. The molecule has 1 saturated carbocycles. The van der Waals surface area contributed by atoms with E-state index in [2.05, 4.69) is 13.2 Å². The Labute approximate surface area is 86.9 Å². The summed E-state index contributed by atoms with van der Waals surface area (Å²) < 4.78 is 0. The summed E-state index contributed by atoms with van der Waals surface area (Å²) in [5, 5.41) is 0. The molecule has 0 amide bonds. The number of carbonyl (C=O) groups excluding carboxylic acids is 1. The zero-order valence-electron chi connectivity index (χ0n) is 8.87. The van der Waals surface area contributed by atoms with Gasteiger partial charge in [-0.15, -0.1) is 13.2 Å². The standard InChI is InChI=1S/C13H20O/c1-3-7-11-9-5-6-10-12(8-4-2)13(11)14/h3-4,11-12H,1-2,5-10H2. The van der Waals surface area contributed by atoms with Crippen molar-refractivity contribution in [1.29, 1.82) is 0 Å². The van der Waals surface area contributed by atoms with Crippen molar-refractivity contribution in [2.45, 2.75) is 38.5 Å². The lowest BCUT2D eigenvalue weighted by Gasteiger charge is -2.16. The van der Waals surface area contributed by atoms with Crippen molar-refractivity contribution < 1.29 is 4.79 Å². The molecule has 1 heteroatoms. The molecular formula is C13H20O. The lowest BCUT2D eigenvalue weighted by atomic mass is 9.87. The average molecular weight is 192 g/mol. The molecule has 0 radical (unpaired) electrons. The van der Waals surface area contributed by atoms with E-state index in [1.54, 1.807) is 0 Å². The first-order valence-corrected chi connectivity index (χ1v) is 5.55. The summed E-state index contributed by atoms with van der Waals surface area (Å²) in [5.74, 6) is 0.919. The van der Waals surface area contributed by atoms with Crippen LogP contribution in [0.1, 0.15) is 38.5 Å². The molecule has 0 aromatic carbocycles. The van der Waals surface area contributed by atoms with Crippen LogP contribution in [-0.4, -0.2) is 5.78 Å². The highest BCUT2D eigenvalue weighted by Crippen LogP contribution is 2.28. The van der Waals surface area contributed by atoms with Gasteiger partial charge in [-0.25, -0.2) is 0 Å². The van der Waals surface area contributed by atoms with E-state index in [-0.39, 0.29) is 11.8 Å². The number of hydrogen-bond acceptors (Lipinski definition) is 1. The van der Waals surface area contributed by atoms with Gasteiger partial charge in [-0.05, 0) is 25.7 Å². The second-order valence-corrected chi connectivity index (χ2v) is 4.13. The van der Waals surface area contributed by atoms with Crippen LogP contribution in [0, 0.1) is 11.8 Å². The van der Waals surface area contributed by atoms with Gasteiger partial charge in [-0.2, -0.15) is 0 Å². The molecule has 2 atom stereocenters. The maximum absolute atomic E-state index is 12.0. The third kappa shape index (κ3) is 2.83. The summed E-state index contributed by atoms with van der Waals surface area (Å²) in [5.41, 5.74) is 0. The fourth-order valence-corrected chi connectivity index (χ4v) is 2.27. The highest BCUT2D eigenvalue weighted by molar-refractivity contribution is 5.83. The minimum atomic E-state index is 0.236. The van der Waals surface area contributed by atoms with Crippen LogP contribution in [0.4, 0.5) is 0 Å². The first-order chi connectivity index (χ1) is 6.79. The Hall–Kier alpha value is -0.850. The van der Waals surface area contributed by atoms with Crippen molar-refractivity contribution >= 4 is 5.78 Å². The first kappa shape index (κ1) is 11.2. The van der Waals surface area contributed by atoms with Gasteiger partial charge in [-0.1, -0.05) is 25.0 Å². The van der Waals surface area contributed by atoms with Crippen LogP contribution in [0.15, 0.2) is 25.3 Å². The van der Waals surface area contributed by atoms with E-state index in [0.29, 0.717) is 5.78 Å². The van der Waals surface area contributed by atoms with Crippen LogP contribution < -0.4 is 0 Å². The van der Waals surface area contributed by atoms with Gasteiger partial charge < -0.3 is 0 Å². The van der Waals surface area contributed by atoms with Gasteiger partial charge in [0.15, 0.2) is 0 Å². The van der Waals surface area contributed by atoms with Crippen molar-refractivity contribution in [2.24, 2.45) is 11.8 Å². The van der Waals surface area contributed by atoms with Gasteiger partial charge >= 0.3 is 0 Å². The molecule has 1 aliphatic carbocycles. The topological polar surface area (TPSA) is 17.1 Å². The van der Waals surface area contributed by atoms with Crippen LogP contribution in [0.25, 0.3) is 0 Å². The zero-order chi connectivity index (χ0) is 10.4. The Kier molecular flexibility index (Phi) is 4.64. The van der Waals surface area contributed by atoms with Crippen LogP contribution in [0.5, 0.6) is 0 Å². The maximum Gasteiger partial charge on any atom is 0.139 e. The number of Topliss-reactive ketones (excluding diaryl/α,β-unsaturated/α-hetero) is 1. The van der Waals surface area contributed by atoms with E-state index in [1.807, 2.05) is 12.2 Å². The molecule has 0 aromatic rings. The summed E-state index contributed by atoms with van der Waals surface area (Å²) in [6.45, 7) is 7.44. The summed E-state index contributed by atoms with van der Waals surface area (Å²) in [7, 11) is 0. The van der Waals surface area contributed by atoms with E-state index in [9.17, 15) is 4.79 Å². The molecule has 0 heterocycles. The maximum atomic E-state index is 12.0. The highest BCUT2D eigenvalue weighted by atomic mass is 16.1. The molecule has 0 saturated heterocycles. The second kappa shape index (κ2) is 5.79. The van der Waals surface area contributed by atoms with E-state index in [0.717, 1.165) is 25.7 Å². The molecule has 0 N–H and O–H groups in total. The van der Waals surface area contributed by atoms with Crippen LogP contribution in [0.2, 0.25) is 0 Å². The second-order valence-electron chi connectivity index (χ2n) is 4.13. The van der Waals surface area contributed by atoms with Gasteiger partial charge in [0.2, 0.25) is 0 Å². The van der Waals surface area contributed by atoms with Gasteiger partial charge in [0.25, 0.3) is 0 Å². The number of carbonyl (C=O) groups is 1. The van der Waals surface area contributed by atoms with Crippen molar-refractivity contribution in [3.8, 4) is 0 Å². The first-order valence-electron chi connectivity index (χ1n) is 5.55.